The van der Waals surface area contributed by atoms with Crippen LogP contribution in [0.2, 0.25) is 0 Å². The van der Waals surface area contributed by atoms with Crippen LogP contribution in [0.15, 0.2) is 23.1 Å². The summed E-state index contributed by atoms with van der Waals surface area (Å²) in [6.07, 6.45) is 2.95. The molecule has 0 unspecified atom stereocenters. The average Bonchev–Trinajstić information content (AvgIpc) is 2.36. The minimum Gasteiger partial charge on any atom is -0.459 e. The van der Waals surface area contributed by atoms with Gasteiger partial charge in [-0.1, -0.05) is 0 Å². The first-order valence-corrected chi connectivity index (χ1v) is 2.81. The molecule has 12 heavy (non-hydrogen) atoms. The largest absolute Gasteiger partial charge is 0.459 e. The summed E-state index contributed by atoms with van der Waals surface area (Å²) in [6.45, 7) is 0. The highest BCUT2D eigenvalue weighted by Gasteiger charge is 2.00. The summed E-state index contributed by atoms with van der Waals surface area (Å²) in [5, 5.41) is 0. The Balaban J connectivity index is 0.000000605. The maximum Gasteiger partial charge on any atom is 0.194 e. The van der Waals surface area contributed by atoms with Gasteiger partial charge in [0, 0.05) is 6.07 Å². The van der Waals surface area contributed by atoms with E-state index in [2.05, 4.69) is 9.97 Å². The first-order chi connectivity index (χ1) is 4.88. The van der Waals surface area contributed by atoms with Crippen molar-refractivity contribution >= 4 is 41.7 Å². The molecule has 0 saturated heterocycles. The summed E-state index contributed by atoms with van der Waals surface area (Å²) < 4.78 is 5.00. The Labute approximate surface area is 81.0 Å². The molecule has 0 bridgehead atoms. The zero-order chi connectivity index (χ0) is 6.97. The van der Waals surface area contributed by atoms with E-state index in [0.29, 0.717) is 11.4 Å². The number of hydrogen-bond donors (Lipinski definition) is 1. The molecule has 0 aromatic carbocycles. The van der Waals surface area contributed by atoms with Gasteiger partial charge in [-0.2, -0.15) is 0 Å². The zero-order valence-corrected chi connectivity index (χ0v) is 7.56. The molecule has 2 aromatic heterocycles. The van der Waals surface area contributed by atoms with Crippen LogP contribution >= 0.6 is 24.8 Å². The molecule has 0 spiro atoms. The van der Waals surface area contributed by atoms with Crippen molar-refractivity contribution in [2.45, 2.75) is 0 Å². The molecule has 0 aliphatic carbocycles. The summed E-state index contributed by atoms with van der Waals surface area (Å²) in [4.78, 5) is 7.67. The van der Waals surface area contributed by atoms with Crippen molar-refractivity contribution in [2.24, 2.45) is 0 Å². The van der Waals surface area contributed by atoms with Gasteiger partial charge in [0.25, 0.3) is 0 Å². The number of furan rings is 1. The summed E-state index contributed by atoms with van der Waals surface area (Å²) in [7, 11) is 0. The minimum absolute atomic E-state index is 0. The van der Waals surface area contributed by atoms with Crippen LogP contribution in [-0.2, 0) is 0 Å². The van der Waals surface area contributed by atoms with Crippen molar-refractivity contribution in [2.75, 3.05) is 5.73 Å². The molecule has 0 atom stereocenters. The van der Waals surface area contributed by atoms with Crippen LogP contribution in [0.4, 0.5) is 5.82 Å². The lowest BCUT2D eigenvalue weighted by molar-refractivity contribution is 0.615. The van der Waals surface area contributed by atoms with Crippen molar-refractivity contribution in [3.05, 3.63) is 18.7 Å². The predicted octanol–water partition coefficient (Wildman–Crippen LogP) is 1.65. The van der Waals surface area contributed by atoms with Crippen molar-refractivity contribution in [3.8, 4) is 0 Å². The lowest BCUT2D eigenvalue weighted by Crippen LogP contribution is -1.89. The fourth-order valence-corrected chi connectivity index (χ4v) is 0.808. The fraction of sp³-hybridized carbons (Fsp3) is 0. The lowest BCUT2D eigenvalue weighted by Gasteiger charge is -1.89. The quantitative estimate of drug-likeness (QED) is 0.714. The van der Waals surface area contributed by atoms with E-state index in [1.807, 2.05) is 0 Å². The van der Waals surface area contributed by atoms with E-state index in [9.17, 15) is 0 Å². The topological polar surface area (TPSA) is 64.9 Å². The Hall–Kier alpha value is -1.00. The number of nitrogens with two attached hydrogens (primary N) is 1. The first-order valence-electron chi connectivity index (χ1n) is 2.81. The van der Waals surface area contributed by atoms with E-state index in [-0.39, 0.29) is 24.8 Å². The molecule has 2 N–H and O–H groups in total. The Bertz CT molecular complexity index is 362. The summed E-state index contributed by atoms with van der Waals surface area (Å²) >= 11 is 0. The molecule has 0 aliphatic heterocycles. The molecule has 0 amide bonds. The molecule has 0 radical (unpaired) electrons. The van der Waals surface area contributed by atoms with E-state index < -0.39 is 0 Å². The molecule has 4 nitrogen and oxygen atoms in total. The standard InChI is InChI=1S/C6H5N3O.2ClH/c7-6-5-4(1-2-10-5)8-3-9-6;;/h1-3H,(H2,7,8,9);2*1H. The van der Waals surface area contributed by atoms with Crippen LogP contribution in [0.25, 0.3) is 11.1 Å². The third-order valence-electron chi connectivity index (χ3n) is 1.27. The van der Waals surface area contributed by atoms with Gasteiger partial charge in [-0.15, -0.1) is 24.8 Å². The van der Waals surface area contributed by atoms with Crippen LogP contribution < -0.4 is 5.73 Å². The highest BCUT2D eigenvalue weighted by Crippen LogP contribution is 2.15. The molecule has 0 aliphatic rings. The Morgan fingerprint density at radius 1 is 1.25 bits per heavy atom. The summed E-state index contributed by atoms with van der Waals surface area (Å²) in [5.41, 5.74) is 6.76. The number of anilines is 1. The van der Waals surface area contributed by atoms with Crippen molar-refractivity contribution in [3.63, 3.8) is 0 Å². The Morgan fingerprint density at radius 3 is 2.67 bits per heavy atom. The van der Waals surface area contributed by atoms with Crippen LogP contribution in [-0.4, -0.2) is 9.97 Å². The monoisotopic (exact) mass is 207 g/mol. The number of nitrogen functional groups attached to an aromatic ring is 1. The molecular formula is C6H7Cl2N3O. The highest BCUT2D eigenvalue weighted by atomic mass is 35.5. The SMILES string of the molecule is Cl.Cl.Nc1ncnc2ccoc12. The van der Waals surface area contributed by atoms with E-state index in [1.54, 1.807) is 6.07 Å². The van der Waals surface area contributed by atoms with Gasteiger partial charge in [0.15, 0.2) is 11.4 Å². The van der Waals surface area contributed by atoms with Gasteiger partial charge >= 0.3 is 0 Å². The molecule has 6 heteroatoms. The van der Waals surface area contributed by atoms with Gasteiger partial charge in [0.2, 0.25) is 0 Å². The molecule has 0 saturated carbocycles. The lowest BCUT2D eigenvalue weighted by atomic mass is 10.4. The van der Waals surface area contributed by atoms with Crippen molar-refractivity contribution < 1.29 is 4.42 Å². The smallest absolute Gasteiger partial charge is 0.194 e. The van der Waals surface area contributed by atoms with Crippen molar-refractivity contribution in [1.82, 2.24) is 9.97 Å². The second kappa shape index (κ2) is 4.13. The van der Waals surface area contributed by atoms with E-state index in [0.717, 1.165) is 5.52 Å². The van der Waals surface area contributed by atoms with Gasteiger partial charge in [0.1, 0.15) is 11.8 Å². The van der Waals surface area contributed by atoms with Gasteiger partial charge in [0.05, 0.1) is 6.26 Å². The maximum atomic E-state index is 5.46. The summed E-state index contributed by atoms with van der Waals surface area (Å²) in [6, 6.07) is 1.74. The van der Waals surface area contributed by atoms with Crippen LogP contribution in [0.1, 0.15) is 0 Å². The predicted molar refractivity (Wildman–Crippen MR) is 50.7 cm³/mol. The third-order valence-corrected chi connectivity index (χ3v) is 1.27. The normalized spacial score (nSPS) is 8.67. The minimum atomic E-state index is 0. The Kier molecular flexibility index (Phi) is 3.79. The van der Waals surface area contributed by atoms with Crippen molar-refractivity contribution in [1.29, 1.82) is 0 Å². The number of aromatic nitrogens is 2. The van der Waals surface area contributed by atoms with E-state index >= 15 is 0 Å². The number of nitrogens with zero attached hydrogens (tertiary/aromatic N) is 2. The molecule has 2 heterocycles. The zero-order valence-electron chi connectivity index (χ0n) is 5.93. The molecule has 2 aromatic rings. The number of rotatable bonds is 0. The van der Waals surface area contributed by atoms with Crippen LogP contribution in [0.3, 0.4) is 0 Å². The summed E-state index contributed by atoms with van der Waals surface area (Å²) in [5.74, 6) is 0.384. The first kappa shape index (κ1) is 11.0. The number of fused-ring (bicyclic) bond motifs is 1. The van der Waals surface area contributed by atoms with Gasteiger partial charge < -0.3 is 10.2 Å². The van der Waals surface area contributed by atoms with Crippen LogP contribution in [0.5, 0.6) is 0 Å². The van der Waals surface area contributed by atoms with E-state index in [4.69, 9.17) is 10.2 Å². The second-order valence-electron chi connectivity index (χ2n) is 1.89. The van der Waals surface area contributed by atoms with E-state index in [1.165, 1.54) is 12.6 Å². The molecule has 0 fully saturated rings. The fourth-order valence-electron chi connectivity index (χ4n) is 0.808. The maximum absolute atomic E-state index is 5.46. The second-order valence-corrected chi connectivity index (χ2v) is 1.89. The molecule has 2 rings (SSSR count). The van der Waals surface area contributed by atoms with Gasteiger partial charge in [-0.05, 0) is 0 Å². The average molecular weight is 208 g/mol. The number of halogens is 2. The third kappa shape index (κ3) is 1.60. The van der Waals surface area contributed by atoms with Crippen LogP contribution in [0, 0.1) is 0 Å². The molecule has 66 valence electrons. The number of hydrogen-bond acceptors (Lipinski definition) is 4. The van der Waals surface area contributed by atoms with Gasteiger partial charge in [-0.3, -0.25) is 0 Å². The molecular weight excluding hydrogens is 201 g/mol. The Morgan fingerprint density at radius 2 is 2.00 bits per heavy atom. The van der Waals surface area contributed by atoms with Gasteiger partial charge in [-0.25, -0.2) is 9.97 Å². The highest BCUT2D eigenvalue weighted by molar-refractivity contribution is 5.85.